The first-order valence-electron chi connectivity index (χ1n) is 6.73. The molecule has 2 aromatic rings. The highest BCUT2D eigenvalue weighted by Crippen LogP contribution is 2.22. The zero-order valence-electron chi connectivity index (χ0n) is 11.5. The van der Waals surface area contributed by atoms with E-state index in [1.807, 2.05) is 35.2 Å². The Balaban J connectivity index is 1.68. The average Bonchev–Trinajstić information content (AvgIpc) is 2.88. The minimum atomic E-state index is 0.0809. The first kappa shape index (κ1) is 13.3. The second-order valence-electron chi connectivity index (χ2n) is 4.98. The first-order chi connectivity index (χ1) is 9.72. The SMILES string of the molecule is CN1CCN(C(=O)/C=C/c2nc3ccccc3s2)CC1. The van der Waals surface area contributed by atoms with Crippen LogP contribution in [-0.4, -0.2) is 53.9 Å². The van der Waals surface area contributed by atoms with Crippen molar-refractivity contribution >= 4 is 33.5 Å². The first-order valence-corrected chi connectivity index (χ1v) is 7.55. The van der Waals surface area contributed by atoms with Crippen LogP contribution in [0.4, 0.5) is 0 Å². The maximum Gasteiger partial charge on any atom is 0.246 e. The number of rotatable bonds is 2. The number of carbonyl (C=O) groups is 1. The summed E-state index contributed by atoms with van der Waals surface area (Å²) in [5.41, 5.74) is 0.990. The zero-order chi connectivity index (χ0) is 13.9. The fourth-order valence-electron chi connectivity index (χ4n) is 2.24. The number of hydrogen-bond acceptors (Lipinski definition) is 4. The minimum absolute atomic E-state index is 0.0809. The molecule has 20 heavy (non-hydrogen) atoms. The molecule has 0 unspecified atom stereocenters. The van der Waals surface area contributed by atoms with Gasteiger partial charge in [-0.15, -0.1) is 11.3 Å². The topological polar surface area (TPSA) is 36.4 Å². The van der Waals surface area contributed by atoms with E-state index in [4.69, 9.17) is 0 Å². The summed E-state index contributed by atoms with van der Waals surface area (Å²) in [4.78, 5) is 20.7. The third-order valence-electron chi connectivity index (χ3n) is 3.49. The molecule has 104 valence electrons. The van der Waals surface area contributed by atoms with Crippen LogP contribution >= 0.6 is 11.3 Å². The number of hydrogen-bond donors (Lipinski definition) is 0. The summed E-state index contributed by atoms with van der Waals surface area (Å²) in [6, 6.07) is 8.02. The Labute approximate surface area is 122 Å². The van der Waals surface area contributed by atoms with Crippen molar-refractivity contribution < 1.29 is 4.79 Å². The molecule has 4 nitrogen and oxygen atoms in total. The minimum Gasteiger partial charge on any atom is -0.337 e. The predicted molar refractivity (Wildman–Crippen MR) is 82.7 cm³/mol. The van der Waals surface area contributed by atoms with Crippen molar-refractivity contribution in [1.29, 1.82) is 0 Å². The maximum absolute atomic E-state index is 12.1. The molecular weight excluding hydrogens is 270 g/mol. The number of amides is 1. The monoisotopic (exact) mass is 287 g/mol. The molecule has 2 heterocycles. The molecule has 1 aliphatic heterocycles. The molecule has 1 aliphatic rings. The lowest BCUT2D eigenvalue weighted by Crippen LogP contribution is -2.46. The molecule has 0 N–H and O–H groups in total. The quantitative estimate of drug-likeness (QED) is 0.794. The van der Waals surface area contributed by atoms with E-state index in [0.717, 1.165) is 41.4 Å². The van der Waals surface area contributed by atoms with E-state index in [0.29, 0.717) is 0 Å². The number of thiazole rings is 1. The van der Waals surface area contributed by atoms with Gasteiger partial charge in [-0.1, -0.05) is 12.1 Å². The van der Waals surface area contributed by atoms with Gasteiger partial charge in [0.05, 0.1) is 10.2 Å². The summed E-state index contributed by atoms with van der Waals surface area (Å²) in [5, 5.41) is 0.883. The fourth-order valence-corrected chi connectivity index (χ4v) is 3.11. The van der Waals surface area contributed by atoms with Gasteiger partial charge in [-0.05, 0) is 25.3 Å². The van der Waals surface area contributed by atoms with Gasteiger partial charge in [-0.25, -0.2) is 4.98 Å². The van der Waals surface area contributed by atoms with Gasteiger partial charge in [0.1, 0.15) is 5.01 Å². The van der Waals surface area contributed by atoms with Crippen LogP contribution in [0.5, 0.6) is 0 Å². The second kappa shape index (κ2) is 5.73. The molecule has 0 atom stereocenters. The van der Waals surface area contributed by atoms with Crippen LogP contribution in [0.1, 0.15) is 5.01 Å². The third-order valence-corrected chi connectivity index (χ3v) is 4.50. The van der Waals surface area contributed by atoms with Gasteiger partial charge >= 0.3 is 0 Å². The predicted octanol–water partition coefficient (Wildman–Crippen LogP) is 2.08. The molecule has 1 fully saturated rings. The average molecular weight is 287 g/mol. The summed E-state index contributed by atoms with van der Waals surface area (Å²) in [5.74, 6) is 0.0809. The number of fused-ring (bicyclic) bond motifs is 1. The van der Waals surface area contributed by atoms with E-state index < -0.39 is 0 Å². The van der Waals surface area contributed by atoms with Crippen molar-refractivity contribution in [2.75, 3.05) is 33.2 Å². The number of carbonyl (C=O) groups excluding carboxylic acids is 1. The summed E-state index contributed by atoms with van der Waals surface area (Å²) in [7, 11) is 2.08. The van der Waals surface area contributed by atoms with Crippen LogP contribution in [0.25, 0.3) is 16.3 Å². The molecule has 0 radical (unpaired) electrons. The number of piperazine rings is 1. The van der Waals surface area contributed by atoms with Crippen LogP contribution in [0.2, 0.25) is 0 Å². The molecule has 0 saturated carbocycles. The molecule has 5 heteroatoms. The Kier molecular flexibility index (Phi) is 3.80. The van der Waals surface area contributed by atoms with E-state index in [1.54, 1.807) is 17.4 Å². The summed E-state index contributed by atoms with van der Waals surface area (Å²) < 4.78 is 1.15. The largest absolute Gasteiger partial charge is 0.337 e. The van der Waals surface area contributed by atoms with E-state index in [2.05, 4.69) is 16.9 Å². The maximum atomic E-state index is 12.1. The molecule has 0 bridgehead atoms. The van der Waals surface area contributed by atoms with Gasteiger partial charge in [0.15, 0.2) is 0 Å². The van der Waals surface area contributed by atoms with Crippen LogP contribution in [0, 0.1) is 0 Å². The van der Waals surface area contributed by atoms with Crippen LogP contribution in [0.3, 0.4) is 0 Å². The standard InChI is InChI=1S/C15H17N3OS/c1-17-8-10-18(11-9-17)15(19)7-6-14-16-12-4-2-3-5-13(12)20-14/h2-7H,8-11H2,1H3/b7-6+. The molecular formula is C15H17N3OS. The summed E-state index contributed by atoms with van der Waals surface area (Å²) in [6.45, 7) is 3.50. The highest BCUT2D eigenvalue weighted by molar-refractivity contribution is 7.19. The Morgan fingerprint density at radius 2 is 2.00 bits per heavy atom. The smallest absolute Gasteiger partial charge is 0.246 e. The number of aromatic nitrogens is 1. The van der Waals surface area contributed by atoms with Gasteiger partial charge in [0, 0.05) is 32.3 Å². The molecule has 0 aliphatic carbocycles. The number of likely N-dealkylation sites (N-methyl/N-ethyl adjacent to an activating group) is 1. The number of benzene rings is 1. The van der Waals surface area contributed by atoms with Gasteiger partial charge in [0.25, 0.3) is 0 Å². The Hall–Kier alpha value is -1.72. The van der Waals surface area contributed by atoms with E-state index in [1.165, 1.54) is 0 Å². The summed E-state index contributed by atoms with van der Waals surface area (Å²) >= 11 is 1.61. The van der Waals surface area contributed by atoms with Gasteiger partial charge in [-0.3, -0.25) is 4.79 Å². The van der Waals surface area contributed by atoms with Crippen molar-refractivity contribution in [2.24, 2.45) is 0 Å². The lowest BCUT2D eigenvalue weighted by Gasteiger charge is -2.31. The molecule has 1 saturated heterocycles. The zero-order valence-corrected chi connectivity index (χ0v) is 12.3. The van der Waals surface area contributed by atoms with E-state index in [-0.39, 0.29) is 5.91 Å². The van der Waals surface area contributed by atoms with Crippen LogP contribution in [-0.2, 0) is 4.79 Å². The Bertz CT molecular complexity index is 608. The number of para-hydroxylation sites is 1. The normalized spacial score (nSPS) is 17.1. The van der Waals surface area contributed by atoms with Crippen molar-refractivity contribution in [2.45, 2.75) is 0 Å². The highest BCUT2D eigenvalue weighted by atomic mass is 32.1. The molecule has 1 aromatic carbocycles. The molecule has 0 spiro atoms. The fraction of sp³-hybridized carbons (Fsp3) is 0.333. The summed E-state index contributed by atoms with van der Waals surface area (Å²) in [6.07, 6.45) is 3.47. The lowest BCUT2D eigenvalue weighted by atomic mass is 10.3. The lowest BCUT2D eigenvalue weighted by molar-refractivity contribution is -0.127. The Morgan fingerprint density at radius 1 is 1.25 bits per heavy atom. The van der Waals surface area contributed by atoms with Gasteiger partial charge in [-0.2, -0.15) is 0 Å². The van der Waals surface area contributed by atoms with Crippen LogP contribution in [0.15, 0.2) is 30.3 Å². The van der Waals surface area contributed by atoms with E-state index >= 15 is 0 Å². The van der Waals surface area contributed by atoms with Crippen molar-refractivity contribution in [3.63, 3.8) is 0 Å². The third kappa shape index (κ3) is 2.89. The molecule has 1 amide bonds. The molecule has 3 rings (SSSR count). The van der Waals surface area contributed by atoms with Gasteiger partial charge < -0.3 is 9.80 Å². The van der Waals surface area contributed by atoms with Crippen LogP contribution < -0.4 is 0 Å². The Morgan fingerprint density at radius 3 is 2.75 bits per heavy atom. The van der Waals surface area contributed by atoms with Crippen molar-refractivity contribution in [1.82, 2.24) is 14.8 Å². The van der Waals surface area contributed by atoms with Crippen molar-refractivity contribution in [3.8, 4) is 0 Å². The second-order valence-corrected chi connectivity index (χ2v) is 6.04. The highest BCUT2D eigenvalue weighted by Gasteiger charge is 2.16. The van der Waals surface area contributed by atoms with Gasteiger partial charge in [0.2, 0.25) is 5.91 Å². The van der Waals surface area contributed by atoms with Crippen molar-refractivity contribution in [3.05, 3.63) is 35.3 Å². The van der Waals surface area contributed by atoms with E-state index in [9.17, 15) is 4.79 Å². The molecule has 1 aromatic heterocycles. The number of nitrogens with zero attached hydrogens (tertiary/aromatic N) is 3.